The average Bonchev–Trinajstić information content (AvgIpc) is 2.97. The molecule has 194 valence electrons. The fourth-order valence-electron chi connectivity index (χ4n) is 4.08. The number of benzene rings is 5. The molecule has 0 fully saturated rings. The van der Waals surface area contributed by atoms with Gasteiger partial charge >= 0.3 is 0 Å². The molecule has 8 heteroatoms. The van der Waals surface area contributed by atoms with E-state index in [2.05, 4.69) is 121 Å². The molecule has 0 nitrogen and oxygen atoms in total. The lowest BCUT2D eigenvalue weighted by Crippen LogP contribution is -3.00. The summed E-state index contributed by atoms with van der Waals surface area (Å²) in [4.78, 5) is 0. The molecule has 0 heterocycles. The molecular formula is C30H20BrF3I3P. The maximum Gasteiger partial charge on any atom is 0.155 e. The van der Waals surface area contributed by atoms with Crippen LogP contribution in [-0.2, 0) is 0 Å². The third-order valence-electron chi connectivity index (χ3n) is 5.73. The van der Waals surface area contributed by atoms with Crippen molar-refractivity contribution in [2.75, 3.05) is 0 Å². The third-order valence-corrected chi connectivity index (χ3v) is 12.9. The maximum atomic E-state index is 12.9. The number of rotatable bonds is 4. The zero-order chi connectivity index (χ0) is 26.4. The Balaban J connectivity index is 0.000000262. The summed E-state index contributed by atoms with van der Waals surface area (Å²) in [5, 5.41) is 5.55. The first kappa shape index (κ1) is 31.5. The van der Waals surface area contributed by atoms with Crippen LogP contribution in [0.4, 0.5) is 13.2 Å². The number of hydrogen-bond donors (Lipinski definition) is 0. The van der Waals surface area contributed by atoms with Gasteiger partial charge in [-0.05, 0) is 116 Å². The Morgan fingerprint density at radius 3 is 0.737 bits per heavy atom. The third kappa shape index (κ3) is 6.48. The first-order valence-electron chi connectivity index (χ1n) is 11.2. The van der Waals surface area contributed by atoms with Crippen molar-refractivity contribution in [3.05, 3.63) is 149 Å². The van der Waals surface area contributed by atoms with Crippen molar-refractivity contribution in [1.82, 2.24) is 0 Å². The van der Waals surface area contributed by atoms with Crippen LogP contribution in [0.15, 0.2) is 121 Å². The minimum Gasteiger partial charge on any atom is -1.00 e. The van der Waals surface area contributed by atoms with Crippen LogP contribution in [0.25, 0.3) is 0 Å². The van der Waals surface area contributed by atoms with Crippen molar-refractivity contribution in [3.8, 4) is 0 Å². The quantitative estimate of drug-likeness (QED) is 0.101. The Morgan fingerprint density at radius 1 is 0.368 bits per heavy atom. The number of halogens is 7. The van der Waals surface area contributed by atoms with Gasteiger partial charge in [0, 0.05) is 0 Å². The largest absolute Gasteiger partial charge is 1.00 e. The van der Waals surface area contributed by atoms with Crippen molar-refractivity contribution in [1.29, 1.82) is 0 Å². The molecule has 0 aromatic heterocycles. The molecule has 0 spiro atoms. The Kier molecular flexibility index (Phi) is 12.1. The van der Waals surface area contributed by atoms with E-state index in [1.165, 1.54) is 89.0 Å². The zero-order valence-corrected chi connectivity index (χ0v) is 28.6. The maximum absolute atomic E-state index is 12.9. The molecule has 0 N–H and O–H groups in total. The van der Waals surface area contributed by atoms with Gasteiger partial charge < -0.3 is 17.0 Å². The highest BCUT2D eigenvalue weighted by molar-refractivity contribution is 14.1. The molecule has 0 radical (unpaired) electrons. The van der Waals surface area contributed by atoms with Crippen molar-refractivity contribution >= 4 is 96.3 Å². The first-order valence-corrected chi connectivity index (χ1v) is 16.2. The monoisotopic (exact) mass is 928 g/mol. The van der Waals surface area contributed by atoms with E-state index in [1.54, 1.807) is 0 Å². The van der Waals surface area contributed by atoms with Crippen LogP contribution in [0.5, 0.6) is 0 Å². The predicted molar refractivity (Wildman–Crippen MR) is 176 cm³/mol. The van der Waals surface area contributed by atoms with Gasteiger partial charge in [-0.3, -0.25) is 0 Å². The topological polar surface area (TPSA) is 0 Å². The van der Waals surface area contributed by atoms with Crippen molar-refractivity contribution < 1.29 is 30.2 Å². The van der Waals surface area contributed by atoms with Gasteiger partial charge in [-0.15, -0.1) is 0 Å². The van der Waals surface area contributed by atoms with Gasteiger partial charge in [0.15, 0.2) is 17.5 Å². The standard InChI is InChI=1S/C24H20P.C6F3I3.BrH/c1-5-13-21(14-6-1)25(22-15-7-2-8-16-22,23-17-9-3-10-18-23)24-19-11-4-12-20-24;7-1-4(10)2(8)6(12)3(9)5(1)11;/h1-20H;;1H/q+1;;/p-1. The van der Waals surface area contributed by atoms with E-state index in [0.29, 0.717) is 0 Å². The van der Waals surface area contributed by atoms with Crippen LogP contribution in [0.3, 0.4) is 0 Å². The molecule has 0 aliphatic carbocycles. The molecule has 38 heavy (non-hydrogen) atoms. The minimum atomic E-state index is -1.91. The van der Waals surface area contributed by atoms with Gasteiger partial charge in [0.1, 0.15) is 28.5 Å². The summed E-state index contributed by atoms with van der Waals surface area (Å²) < 4.78 is 38.3. The summed E-state index contributed by atoms with van der Waals surface area (Å²) in [5.74, 6) is -2.48. The van der Waals surface area contributed by atoms with E-state index >= 15 is 0 Å². The Bertz CT molecular complexity index is 1200. The normalized spacial score (nSPS) is 10.7. The molecule has 5 aromatic carbocycles. The SMILES string of the molecule is Fc1c(I)c(F)c(I)c(F)c1I.[Br-].c1ccc([P+](c2ccccc2)(c2ccccc2)c2ccccc2)cc1. The molecule has 0 aliphatic rings. The molecule has 0 bridgehead atoms. The van der Waals surface area contributed by atoms with E-state index in [-0.39, 0.29) is 27.7 Å². The van der Waals surface area contributed by atoms with Gasteiger partial charge in [-0.2, -0.15) is 0 Å². The van der Waals surface area contributed by atoms with E-state index in [0.717, 1.165) is 0 Å². The molecule has 0 saturated heterocycles. The molecule has 5 rings (SSSR count). The van der Waals surface area contributed by atoms with E-state index in [4.69, 9.17) is 0 Å². The zero-order valence-electron chi connectivity index (χ0n) is 19.6. The fraction of sp³-hybridized carbons (Fsp3) is 0. The second kappa shape index (κ2) is 14.6. The van der Waals surface area contributed by atoms with Crippen LogP contribution in [-0.4, -0.2) is 0 Å². The molecule has 0 saturated carbocycles. The highest BCUT2D eigenvalue weighted by Crippen LogP contribution is 2.54. The molecular weight excluding hydrogens is 909 g/mol. The lowest BCUT2D eigenvalue weighted by atomic mass is 10.3. The Morgan fingerprint density at radius 2 is 0.553 bits per heavy atom. The smallest absolute Gasteiger partial charge is 0.155 e. The summed E-state index contributed by atoms with van der Waals surface area (Å²) in [6, 6.07) is 43.8. The van der Waals surface area contributed by atoms with Crippen LogP contribution in [0.2, 0.25) is 0 Å². The van der Waals surface area contributed by atoms with E-state index < -0.39 is 24.7 Å². The lowest BCUT2D eigenvalue weighted by molar-refractivity contribution is -0.00000878. The Hall–Kier alpha value is -1.01. The van der Waals surface area contributed by atoms with Crippen LogP contribution >= 0.6 is 75.0 Å². The minimum absolute atomic E-state index is 0. The highest BCUT2D eigenvalue weighted by Gasteiger charge is 2.47. The summed E-state index contributed by atoms with van der Waals surface area (Å²) in [6.07, 6.45) is 0. The van der Waals surface area contributed by atoms with E-state index in [1.807, 2.05) is 0 Å². The predicted octanol–water partition coefficient (Wildman–Crippen LogP) is 5.23. The first-order chi connectivity index (χ1) is 17.9. The van der Waals surface area contributed by atoms with Gasteiger partial charge in [0.05, 0.1) is 10.7 Å². The van der Waals surface area contributed by atoms with Crippen molar-refractivity contribution in [2.45, 2.75) is 0 Å². The summed E-state index contributed by atoms with van der Waals surface area (Å²) in [6.45, 7) is 0. The van der Waals surface area contributed by atoms with Gasteiger partial charge in [0.2, 0.25) is 0 Å². The van der Waals surface area contributed by atoms with Crippen LogP contribution in [0, 0.1) is 28.2 Å². The molecule has 5 aromatic rings. The van der Waals surface area contributed by atoms with Crippen molar-refractivity contribution in [3.63, 3.8) is 0 Å². The second-order valence-electron chi connectivity index (χ2n) is 7.90. The van der Waals surface area contributed by atoms with Crippen molar-refractivity contribution in [2.24, 2.45) is 0 Å². The highest BCUT2D eigenvalue weighted by atomic mass is 127. The van der Waals surface area contributed by atoms with Gasteiger partial charge in [-0.25, -0.2) is 13.2 Å². The van der Waals surface area contributed by atoms with Crippen LogP contribution < -0.4 is 38.2 Å². The molecule has 0 atom stereocenters. The fourth-order valence-corrected chi connectivity index (χ4v) is 11.5. The van der Waals surface area contributed by atoms with Gasteiger partial charge in [0.25, 0.3) is 0 Å². The molecule has 0 amide bonds. The summed E-state index contributed by atoms with van der Waals surface area (Å²) >= 11 is 4.53. The Labute approximate surface area is 273 Å². The molecule has 0 unspecified atom stereocenters. The number of hydrogen-bond acceptors (Lipinski definition) is 0. The lowest BCUT2D eigenvalue weighted by Gasteiger charge is -2.27. The molecule has 0 aliphatic heterocycles. The average molecular weight is 929 g/mol. The summed E-state index contributed by atoms with van der Waals surface area (Å²) in [5.41, 5.74) is 0. The van der Waals surface area contributed by atoms with E-state index in [9.17, 15) is 13.2 Å². The van der Waals surface area contributed by atoms with Crippen LogP contribution in [0.1, 0.15) is 0 Å². The van der Waals surface area contributed by atoms with Gasteiger partial charge in [-0.1, -0.05) is 72.8 Å². The second-order valence-corrected chi connectivity index (χ2v) is 14.5. The summed E-state index contributed by atoms with van der Waals surface area (Å²) in [7, 11) is -1.91.